The van der Waals surface area contributed by atoms with E-state index in [-0.39, 0.29) is 12.6 Å². The van der Waals surface area contributed by atoms with Crippen molar-refractivity contribution in [1.29, 1.82) is 0 Å². The molecule has 9 nitrogen and oxygen atoms in total. The quantitative estimate of drug-likeness (QED) is 0.161. The number of nitrogens with one attached hydrogen (secondary N) is 2. The number of aromatic nitrogens is 1. The first kappa shape index (κ1) is 27.4. The Balaban J connectivity index is 1.22. The Morgan fingerprint density at radius 3 is 2.90 bits per heavy atom. The maximum atomic E-state index is 11.3. The van der Waals surface area contributed by atoms with Crippen molar-refractivity contribution in [2.45, 2.75) is 25.3 Å². The molecule has 0 bridgehead atoms. The number of hydrogen-bond acceptors (Lipinski definition) is 7. The molecule has 1 fully saturated rings. The molecule has 1 aliphatic carbocycles. The van der Waals surface area contributed by atoms with E-state index in [1.807, 2.05) is 12.1 Å². The number of ether oxygens (including phenoxy) is 2. The lowest BCUT2D eigenvalue weighted by molar-refractivity contribution is -0.124. The number of morpholine rings is 1. The molecule has 208 valence electrons. The van der Waals surface area contributed by atoms with Gasteiger partial charge in [0.05, 0.1) is 19.8 Å². The van der Waals surface area contributed by atoms with Gasteiger partial charge in [-0.15, -0.1) is 0 Å². The molecular weight excluding hydrogens is 496 g/mol. The van der Waals surface area contributed by atoms with Crippen LogP contribution in [-0.4, -0.2) is 90.2 Å². The number of aromatic amines is 1. The highest BCUT2D eigenvalue weighted by atomic mass is 16.5. The summed E-state index contributed by atoms with van der Waals surface area (Å²) in [5.41, 5.74) is 7.42. The van der Waals surface area contributed by atoms with Gasteiger partial charge < -0.3 is 19.6 Å². The minimum atomic E-state index is -0.550. The van der Waals surface area contributed by atoms with E-state index in [9.17, 15) is 9.90 Å². The van der Waals surface area contributed by atoms with E-state index in [2.05, 4.69) is 45.2 Å². The summed E-state index contributed by atoms with van der Waals surface area (Å²) < 4.78 is 11.5. The zero-order valence-corrected chi connectivity index (χ0v) is 22.3. The Labute approximate surface area is 229 Å². The van der Waals surface area contributed by atoms with Gasteiger partial charge in [-0.3, -0.25) is 19.8 Å². The maximum absolute atomic E-state index is 11.3. The lowest BCUT2D eigenvalue weighted by Gasteiger charge is -2.29. The van der Waals surface area contributed by atoms with Crippen LogP contribution in [0, 0.1) is 0 Å². The van der Waals surface area contributed by atoms with Crippen LogP contribution >= 0.6 is 0 Å². The van der Waals surface area contributed by atoms with Gasteiger partial charge >= 0.3 is 0 Å². The van der Waals surface area contributed by atoms with Crippen molar-refractivity contribution < 1.29 is 24.6 Å². The molecule has 2 heterocycles. The molecule has 9 heteroatoms. The summed E-state index contributed by atoms with van der Waals surface area (Å²) in [7, 11) is 0. The van der Waals surface area contributed by atoms with E-state index >= 15 is 0 Å². The van der Waals surface area contributed by atoms with Gasteiger partial charge in [-0.1, -0.05) is 18.2 Å². The molecule has 2 aliphatic rings. The molecule has 39 heavy (non-hydrogen) atoms. The molecule has 0 saturated carbocycles. The molecule has 1 aromatic heterocycles. The predicted octanol–water partition coefficient (Wildman–Crippen LogP) is 2.92. The minimum absolute atomic E-state index is 0.109. The Morgan fingerprint density at radius 2 is 2.08 bits per heavy atom. The molecule has 2 aromatic carbocycles. The van der Waals surface area contributed by atoms with Crippen LogP contribution in [0.3, 0.4) is 0 Å². The third-order valence-electron chi connectivity index (χ3n) is 7.77. The average Bonchev–Trinajstić information content (AvgIpc) is 3.58. The fraction of sp³-hybridized carbons (Fsp3) is 0.433. The third-order valence-corrected chi connectivity index (χ3v) is 7.77. The number of aliphatic hydroxyl groups is 1. The van der Waals surface area contributed by atoms with Gasteiger partial charge in [0, 0.05) is 61.9 Å². The van der Waals surface area contributed by atoms with Gasteiger partial charge in [0.2, 0.25) is 0 Å². The zero-order chi connectivity index (χ0) is 27.0. The molecule has 1 amide bonds. The van der Waals surface area contributed by atoms with Gasteiger partial charge in [-0.25, -0.2) is 5.48 Å². The molecule has 1 unspecified atom stereocenters. The molecule has 1 atom stereocenters. The lowest BCUT2D eigenvalue weighted by atomic mass is 10.0. The first-order valence-electron chi connectivity index (χ1n) is 13.8. The van der Waals surface area contributed by atoms with E-state index in [4.69, 9.17) is 14.7 Å². The van der Waals surface area contributed by atoms with Gasteiger partial charge in [-0.05, 0) is 65.8 Å². The standard InChI is InChI=1S/C30H38N4O5/c35-15-11-34(29-7-3-23-19-22(1-5-26(23)29)2-8-30(36)32-37)10-9-24-21-31-28-6-4-25(20-27(24)28)39-18-14-33-12-16-38-17-13-33/h1-2,4-6,8,19-21,29,31,35,37H,3,7,9-18H2,(H,32,36)/b8-2+. The second kappa shape index (κ2) is 13.2. The van der Waals surface area contributed by atoms with E-state index in [1.165, 1.54) is 28.2 Å². The second-order valence-corrected chi connectivity index (χ2v) is 10.2. The molecule has 3 aromatic rings. The van der Waals surface area contributed by atoms with Crippen LogP contribution in [0.1, 0.15) is 34.7 Å². The van der Waals surface area contributed by atoms with Crippen LogP contribution in [0.2, 0.25) is 0 Å². The highest BCUT2D eigenvalue weighted by Gasteiger charge is 2.27. The first-order valence-corrected chi connectivity index (χ1v) is 13.8. The number of hydrogen-bond donors (Lipinski definition) is 4. The molecule has 1 aliphatic heterocycles. The van der Waals surface area contributed by atoms with Gasteiger partial charge in [0.1, 0.15) is 12.4 Å². The number of carbonyl (C=O) groups excluding carboxylic acids is 1. The summed E-state index contributed by atoms with van der Waals surface area (Å²) in [6.07, 6.45) is 7.90. The first-order chi connectivity index (χ1) is 19.1. The number of hydroxylamine groups is 1. The number of aryl methyl sites for hydroxylation is 1. The van der Waals surface area contributed by atoms with E-state index in [0.717, 1.165) is 75.5 Å². The van der Waals surface area contributed by atoms with Crippen molar-refractivity contribution in [3.63, 3.8) is 0 Å². The maximum Gasteiger partial charge on any atom is 0.267 e. The molecule has 5 rings (SSSR count). The smallest absolute Gasteiger partial charge is 0.267 e. The second-order valence-electron chi connectivity index (χ2n) is 10.2. The van der Waals surface area contributed by atoms with Gasteiger partial charge in [0.25, 0.3) is 5.91 Å². The highest BCUT2D eigenvalue weighted by Crippen LogP contribution is 2.36. The Hall–Kier alpha value is -3.21. The SMILES string of the molecule is O=C(/C=C/c1ccc2c(c1)CCC2N(CCO)CCc1c[nH]c2ccc(OCCN3CCOCC3)cc12)NO. The summed E-state index contributed by atoms with van der Waals surface area (Å²) in [6.45, 7) is 6.61. The number of rotatable bonds is 12. The largest absolute Gasteiger partial charge is 0.492 e. The molecule has 1 saturated heterocycles. The number of benzene rings is 2. The zero-order valence-electron chi connectivity index (χ0n) is 22.3. The summed E-state index contributed by atoms with van der Waals surface area (Å²) in [4.78, 5) is 19.5. The van der Waals surface area contributed by atoms with Crippen LogP contribution < -0.4 is 10.2 Å². The molecule has 0 spiro atoms. The molecule has 4 N–H and O–H groups in total. The van der Waals surface area contributed by atoms with E-state index < -0.39 is 5.91 Å². The van der Waals surface area contributed by atoms with Crippen LogP contribution in [0.15, 0.2) is 48.7 Å². The molecular formula is C30H38N4O5. The fourth-order valence-corrected chi connectivity index (χ4v) is 5.69. The number of amides is 1. The topological polar surface area (TPSA) is 110 Å². The van der Waals surface area contributed by atoms with Crippen molar-refractivity contribution >= 4 is 22.9 Å². The minimum Gasteiger partial charge on any atom is -0.492 e. The van der Waals surface area contributed by atoms with E-state index in [0.29, 0.717) is 13.2 Å². The summed E-state index contributed by atoms with van der Waals surface area (Å²) in [5.74, 6) is 0.335. The van der Waals surface area contributed by atoms with Crippen molar-refractivity contribution in [3.05, 3.63) is 70.9 Å². The fourth-order valence-electron chi connectivity index (χ4n) is 5.69. The molecule has 0 radical (unpaired) electrons. The summed E-state index contributed by atoms with van der Waals surface area (Å²) >= 11 is 0. The predicted molar refractivity (Wildman–Crippen MR) is 150 cm³/mol. The van der Waals surface area contributed by atoms with Gasteiger partial charge in [0.15, 0.2) is 0 Å². The van der Waals surface area contributed by atoms with Crippen LogP contribution in [0.25, 0.3) is 17.0 Å². The Bertz CT molecular complexity index is 1280. The summed E-state index contributed by atoms with van der Waals surface area (Å²) in [5, 5.41) is 19.7. The van der Waals surface area contributed by atoms with Crippen molar-refractivity contribution in [1.82, 2.24) is 20.3 Å². The normalized spacial score (nSPS) is 17.8. The lowest BCUT2D eigenvalue weighted by Crippen LogP contribution is -2.38. The van der Waals surface area contributed by atoms with Crippen LogP contribution in [0.5, 0.6) is 5.75 Å². The number of H-pyrrole nitrogens is 1. The summed E-state index contributed by atoms with van der Waals surface area (Å²) in [6, 6.07) is 12.7. The van der Waals surface area contributed by atoms with Crippen molar-refractivity contribution in [3.8, 4) is 5.75 Å². The van der Waals surface area contributed by atoms with E-state index in [1.54, 1.807) is 11.6 Å². The third kappa shape index (κ3) is 6.87. The Kier molecular flexibility index (Phi) is 9.28. The van der Waals surface area contributed by atoms with Crippen molar-refractivity contribution in [2.75, 3.05) is 59.2 Å². The average molecular weight is 535 g/mol. The van der Waals surface area contributed by atoms with Crippen LogP contribution in [0.4, 0.5) is 0 Å². The highest BCUT2D eigenvalue weighted by molar-refractivity contribution is 5.90. The van der Waals surface area contributed by atoms with Crippen LogP contribution in [-0.2, 0) is 22.4 Å². The van der Waals surface area contributed by atoms with Gasteiger partial charge in [-0.2, -0.15) is 0 Å². The number of fused-ring (bicyclic) bond motifs is 2. The number of carbonyl (C=O) groups is 1. The monoisotopic (exact) mass is 534 g/mol. The Morgan fingerprint density at radius 1 is 1.21 bits per heavy atom. The number of nitrogens with zero attached hydrogens (tertiary/aromatic N) is 2. The number of aliphatic hydroxyl groups excluding tert-OH is 1. The van der Waals surface area contributed by atoms with Crippen molar-refractivity contribution in [2.24, 2.45) is 0 Å².